The summed E-state index contributed by atoms with van der Waals surface area (Å²) in [6.07, 6.45) is -3.70. The summed E-state index contributed by atoms with van der Waals surface area (Å²) in [7, 11) is 0. The highest BCUT2D eigenvalue weighted by Gasteiger charge is 2.43. The number of carbonyl (C=O) groups is 1. The van der Waals surface area contributed by atoms with Gasteiger partial charge in [0.2, 0.25) is 11.5 Å². The van der Waals surface area contributed by atoms with Crippen molar-refractivity contribution >= 4 is 6.29 Å². The van der Waals surface area contributed by atoms with Crippen molar-refractivity contribution in [3.05, 3.63) is 70.5 Å². The zero-order valence-corrected chi connectivity index (χ0v) is 15.7. The fraction of sp³-hybridized carbons (Fsp3) is 0.136. The number of aromatic nitrogens is 2. The van der Waals surface area contributed by atoms with Crippen molar-refractivity contribution in [1.82, 2.24) is 10.3 Å². The third-order valence-corrected chi connectivity index (χ3v) is 5.27. The van der Waals surface area contributed by atoms with Gasteiger partial charge in [0, 0.05) is 16.7 Å². The van der Waals surface area contributed by atoms with Crippen LogP contribution in [0.4, 0.5) is 17.6 Å². The first-order chi connectivity index (χ1) is 14.9. The Morgan fingerprint density at radius 2 is 1.65 bits per heavy atom. The monoisotopic (exact) mass is 428 g/mol. The van der Waals surface area contributed by atoms with Crippen molar-refractivity contribution < 1.29 is 31.4 Å². The lowest BCUT2D eigenvalue weighted by Crippen LogP contribution is -2.09. The minimum atomic E-state index is -4.77. The minimum absolute atomic E-state index is 0.0898. The van der Waals surface area contributed by atoms with Crippen LogP contribution in [-0.2, 0) is 19.0 Å². The average molecular weight is 428 g/mol. The molecule has 0 radical (unpaired) electrons. The summed E-state index contributed by atoms with van der Waals surface area (Å²) in [5, 5.41) is 7.55. The summed E-state index contributed by atoms with van der Waals surface area (Å²) >= 11 is 0. The number of benzene rings is 2. The standard InChI is InChI=1S/C22H12F4N2O3/c23-16-9-15-12(8-13(16)10-29)6-7-14-19(15)28-30-20(14)21-17(22(24,25)26)18(27-31-21)11-4-2-1-3-5-11/h1-5,8-10H,6-7H2. The van der Waals surface area contributed by atoms with E-state index in [1.807, 2.05) is 0 Å². The summed E-state index contributed by atoms with van der Waals surface area (Å²) in [6.45, 7) is 0. The SMILES string of the molecule is O=Cc1cc2c(cc1F)-c1noc(-c3onc(-c4ccccc4)c3C(F)(F)F)c1CC2. The number of carbonyl (C=O) groups excluding carboxylic acids is 1. The predicted octanol–water partition coefficient (Wildman–Crippen LogP) is 5.73. The van der Waals surface area contributed by atoms with Gasteiger partial charge in [0.05, 0.1) is 5.56 Å². The molecule has 0 saturated carbocycles. The lowest BCUT2D eigenvalue weighted by atomic mass is 9.87. The molecule has 0 unspecified atom stereocenters. The molecule has 1 aliphatic carbocycles. The van der Waals surface area contributed by atoms with Crippen LogP contribution in [-0.4, -0.2) is 16.6 Å². The second-order valence-corrected chi connectivity index (χ2v) is 7.09. The lowest BCUT2D eigenvalue weighted by Gasteiger charge is -2.16. The number of nitrogens with zero attached hydrogens (tertiary/aromatic N) is 2. The van der Waals surface area contributed by atoms with E-state index >= 15 is 0 Å². The molecule has 5 rings (SSSR count). The Labute approximate surface area is 172 Å². The van der Waals surface area contributed by atoms with E-state index in [4.69, 9.17) is 9.05 Å². The maximum Gasteiger partial charge on any atom is 0.422 e. The fourth-order valence-corrected chi connectivity index (χ4v) is 3.85. The van der Waals surface area contributed by atoms with Gasteiger partial charge in [-0.2, -0.15) is 13.2 Å². The van der Waals surface area contributed by atoms with Crippen molar-refractivity contribution in [3.63, 3.8) is 0 Å². The third-order valence-electron chi connectivity index (χ3n) is 5.27. The summed E-state index contributed by atoms with van der Waals surface area (Å²) < 4.78 is 66.5. The molecular weight excluding hydrogens is 416 g/mol. The molecule has 2 heterocycles. The number of rotatable bonds is 3. The molecule has 0 saturated heterocycles. The molecule has 0 bridgehead atoms. The van der Waals surface area contributed by atoms with Crippen LogP contribution in [0, 0.1) is 5.82 Å². The molecule has 0 amide bonds. The first-order valence-electron chi connectivity index (χ1n) is 9.27. The van der Waals surface area contributed by atoms with Gasteiger partial charge in [-0.05, 0) is 30.5 Å². The van der Waals surface area contributed by atoms with Crippen LogP contribution in [0.3, 0.4) is 0 Å². The first kappa shape index (κ1) is 19.2. The van der Waals surface area contributed by atoms with Crippen molar-refractivity contribution in [2.24, 2.45) is 0 Å². The molecule has 31 heavy (non-hydrogen) atoms. The van der Waals surface area contributed by atoms with Crippen molar-refractivity contribution in [3.8, 4) is 34.0 Å². The van der Waals surface area contributed by atoms with Gasteiger partial charge in [0.15, 0.2) is 6.29 Å². The second kappa shape index (κ2) is 6.90. The summed E-state index contributed by atoms with van der Waals surface area (Å²) in [4.78, 5) is 11.0. The number of aryl methyl sites for hydroxylation is 1. The Morgan fingerprint density at radius 1 is 0.935 bits per heavy atom. The van der Waals surface area contributed by atoms with Crippen LogP contribution < -0.4 is 0 Å². The quantitative estimate of drug-likeness (QED) is 0.308. The number of alkyl halides is 3. The number of hydrogen-bond acceptors (Lipinski definition) is 5. The molecule has 0 atom stereocenters. The van der Waals surface area contributed by atoms with Crippen LogP contribution in [0.5, 0.6) is 0 Å². The van der Waals surface area contributed by atoms with E-state index < -0.39 is 23.3 Å². The highest BCUT2D eigenvalue weighted by Crippen LogP contribution is 2.46. The van der Waals surface area contributed by atoms with Gasteiger partial charge < -0.3 is 9.05 Å². The summed E-state index contributed by atoms with van der Waals surface area (Å²) in [5.41, 5.74) is 0.354. The smallest absolute Gasteiger partial charge is 0.352 e. The second-order valence-electron chi connectivity index (χ2n) is 7.09. The number of fused-ring (bicyclic) bond motifs is 3. The number of hydrogen-bond donors (Lipinski definition) is 0. The van der Waals surface area contributed by atoms with E-state index in [2.05, 4.69) is 10.3 Å². The van der Waals surface area contributed by atoms with Crippen molar-refractivity contribution in [1.29, 1.82) is 0 Å². The molecule has 156 valence electrons. The van der Waals surface area contributed by atoms with E-state index in [0.29, 0.717) is 29.4 Å². The predicted molar refractivity (Wildman–Crippen MR) is 101 cm³/mol. The van der Waals surface area contributed by atoms with Crippen molar-refractivity contribution in [2.75, 3.05) is 0 Å². The average Bonchev–Trinajstić information content (AvgIpc) is 3.38. The fourth-order valence-electron chi connectivity index (χ4n) is 3.85. The molecule has 0 spiro atoms. The van der Waals surface area contributed by atoms with Gasteiger partial charge in [-0.3, -0.25) is 4.79 Å². The summed E-state index contributed by atoms with van der Waals surface area (Å²) in [6, 6.07) is 10.4. The third kappa shape index (κ3) is 3.04. The normalized spacial score (nSPS) is 13.0. The Kier molecular flexibility index (Phi) is 4.28. The van der Waals surface area contributed by atoms with E-state index in [1.165, 1.54) is 18.2 Å². The Balaban J connectivity index is 1.69. The van der Waals surface area contributed by atoms with E-state index in [0.717, 1.165) is 6.07 Å². The number of halogens is 4. The van der Waals surface area contributed by atoms with Crippen LogP contribution in [0.15, 0.2) is 51.5 Å². The van der Waals surface area contributed by atoms with Gasteiger partial charge in [-0.1, -0.05) is 40.6 Å². The molecule has 0 fully saturated rings. The van der Waals surface area contributed by atoms with Gasteiger partial charge in [-0.15, -0.1) is 0 Å². The van der Waals surface area contributed by atoms with E-state index in [9.17, 15) is 22.4 Å². The Morgan fingerprint density at radius 3 is 2.35 bits per heavy atom. The minimum Gasteiger partial charge on any atom is -0.352 e. The zero-order valence-electron chi connectivity index (χ0n) is 15.7. The molecular formula is C22H12F4N2O3. The molecule has 0 aliphatic heterocycles. The molecule has 5 nitrogen and oxygen atoms in total. The van der Waals surface area contributed by atoms with Gasteiger partial charge >= 0.3 is 6.18 Å². The molecule has 0 N–H and O–H groups in total. The number of aldehydes is 1. The maximum atomic E-state index is 14.1. The molecule has 4 aromatic rings. The van der Waals surface area contributed by atoms with Gasteiger partial charge in [0.1, 0.15) is 22.8 Å². The van der Waals surface area contributed by atoms with Crippen LogP contribution in [0.25, 0.3) is 34.0 Å². The van der Waals surface area contributed by atoms with Crippen LogP contribution in [0.1, 0.15) is 27.0 Å². The largest absolute Gasteiger partial charge is 0.422 e. The maximum absolute atomic E-state index is 14.1. The van der Waals surface area contributed by atoms with E-state index in [1.54, 1.807) is 18.2 Å². The lowest BCUT2D eigenvalue weighted by molar-refractivity contribution is -0.136. The Hall–Kier alpha value is -3.75. The molecule has 2 aromatic heterocycles. The van der Waals surface area contributed by atoms with Crippen LogP contribution in [0.2, 0.25) is 0 Å². The summed E-state index contributed by atoms with van der Waals surface area (Å²) in [5.74, 6) is -1.51. The molecule has 9 heteroatoms. The van der Waals surface area contributed by atoms with Crippen molar-refractivity contribution in [2.45, 2.75) is 19.0 Å². The van der Waals surface area contributed by atoms with Crippen LogP contribution >= 0.6 is 0 Å². The van der Waals surface area contributed by atoms with Gasteiger partial charge in [0.25, 0.3) is 0 Å². The molecule has 2 aromatic carbocycles. The zero-order chi connectivity index (χ0) is 21.8. The van der Waals surface area contributed by atoms with Gasteiger partial charge in [-0.25, -0.2) is 4.39 Å². The highest BCUT2D eigenvalue weighted by atomic mass is 19.4. The Bertz CT molecular complexity index is 1310. The van der Waals surface area contributed by atoms with E-state index in [-0.39, 0.29) is 34.7 Å². The first-order valence-corrected chi connectivity index (χ1v) is 9.27. The highest BCUT2D eigenvalue weighted by molar-refractivity contribution is 5.82. The molecule has 1 aliphatic rings. The topological polar surface area (TPSA) is 69.1 Å².